The molecule has 1 aliphatic rings. The summed E-state index contributed by atoms with van der Waals surface area (Å²) >= 11 is 5.94. The van der Waals surface area contributed by atoms with Gasteiger partial charge in [-0.25, -0.2) is 9.59 Å². The number of carbonyl (C=O) groups is 3. The van der Waals surface area contributed by atoms with Gasteiger partial charge in [0.05, 0.1) is 11.3 Å². The topological polar surface area (TPSA) is 105 Å². The minimum atomic E-state index is -1.18. The first-order chi connectivity index (χ1) is 16.9. The van der Waals surface area contributed by atoms with Crippen LogP contribution in [0, 0.1) is 0 Å². The molecule has 180 valence electrons. The van der Waals surface area contributed by atoms with Crippen molar-refractivity contribution in [2.24, 2.45) is 0 Å². The molecule has 7 nitrogen and oxygen atoms in total. The highest BCUT2D eigenvalue weighted by atomic mass is 35.5. The Bertz CT molecular complexity index is 1230. The van der Waals surface area contributed by atoms with Crippen molar-refractivity contribution < 1.29 is 24.2 Å². The molecule has 0 aromatic heterocycles. The van der Waals surface area contributed by atoms with Gasteiger partial charge in [0, 0.05) is 23.4 Å². The van der Waals surface area contributed by atoms with Crippen molar-refractivity contribution in [2.75, 3.05) is 11.9 Å². The third-order valence-electron chi connectivity index (χ3n) is 6.08. The molecule has 3 aromatic carbocycles. The van der Waals surface area contributed by atoms with Crippen molar-refractivity contribution in [3.63, 3.8) is 0 Å². The summed E-state index contributed by atoms with van der Waals surface area (Å²) in [5.41, 5.74) is 4.54. The molecule has 1 aliphatic carbocycles. The van der Waals surface area contributed by atoms with Gasteiger partial charge in [-0.15, -0.1) is 0 Å². The second-order valence-electron chi connectivity index (χ2n) is 8.32. The highest BCUT2D eigenvalue weighted by Gasteiger charge is 2.29. The molecule has 2 amide bonds. The van der Waals surface area contributed by atoms with Crippen molar-refractivity contribution >= 4 is 35.3 Å². The number of aromatic carboxylic acids is 1. The number of amides is 2. The summed E-state index contributed by atoms with van der Waals surface area (Å²) < 4.78 is 5.56. The lowest BCUT2D eigenvalue weighted by Gasteiger charge is -2.19. The van der Waals surface area contributed by atoms with E-state index >= 15 is 0 Å². The zero-order chi connectivity index (χ0) is 24.9. The van der Waals surface area contributed by atoms with Crippen LogP contribution in [0.1, 0.15) is 47.2 Å². The fourth-order valence-corrected chi connectivity index (χ4v) is 4.51. The zero-order valence-corrected chi connectivity index (χ0v) is 19.8. The summed E-state index contributed by atoms with van der Waals surface area (Å²) in [6, 6.07) is 19.8. The van der Waals surface area contributed by atoms with E-state index in [4.69, 9.17) is 16.3 Å². The van der Waals surface area contributed by atoms with Crippen molar-refractivity contribution in [3.8, 4) is 11.1 Å². The molecule has 4 rings (SSSR count). The number of halogens is 1. The molecule has 0 radical (unpaired) electrons. The van der Waals surface area contributed by atoms with Crippen LogP contribution < -0.4 is 10.6 Å². The smallest absolute Gasteiger partial charge is 0.407 e. The summed E-state index contributed by atoms with van der Waals surface area (Å²) in [6.07, 6.45) is -0.175. The van der Waals surface area contributed by atoms with Crippen molar-refractivity contribution in [2.45, 2.75) is 31.7 Å². The van der Waals surface area contributed by atoms with Crippen LogP contribution in [0.2, 0.25) is 5.02 Å². The largest absolute Gasteiger partial charge is 0.478 e. The molecule has 0 aliphatic heterocycles. The number of fused-ring (bicyclic) bond motifs is 3. The van der Waals surface area contributed by atoms with Gasteiger partial charge in [0.25, 0.3) is 0 Å². The van der Waals surface area contributed by atoms with Crippen LogP contribution in [-0.2, 0) is 9.53 Å². The maximum atomic E-state index is 12.6. The van der Waals surface area contributed by atoms with Gasteiger partial charge < -0.3 is 20.5 Å². The van der Waals surface area contributed by atoms with E-state index in [2.05, 4.69) is 22.8 Å². The molecular weight excluding hydrogens is 468 g/mol. The zero-order valence-electron chi connectivity index (χ0n) is 19.1. The number of nitrogens with one attached hydrogen (secondary N) is 2. The molecule has 8 heteroatoms. The summed E-state index contributed by atoms with van der Waals surface area (Å²) in [7, 11) is 0. The van der Waals surface area contributed by atoms with E-state index in [1.807, 2.05) is 43.3 Å². The Labute approximate surface area is 208 Å². The first-order valence-electron chi connectivity index (χ1n) is 11.3. The third-order valence-corrected chi connectivity index (χ3v) is 6.31. The fraction of sp³-hybridized carbons (Fsp3) is 0.222. The molecule has 3 aromatic rings. The average molecular weight is 493 g/mol. The maximum Gasteiger partial charge on any atom is 0.407 e. The van der Waals surface area contributed by atoms with Crippen molar-refractivity contribution in [1.82, 2.24) is 5.32 Å². The van der Waals surface area contributed by atoms with E-state index in [1.54, 1.807) is 0 Å². The van der Waals surface area contributed by atoms with E-state index in [0.717, 1.165) is 22.3 Å². The quantitative estimate of drug-likeness (QED) is 0.375. The summed E-state index contributed by atoms with van der Waals surface area (Å²) in [6.45, 7) is 2.01. The number of carbonyl (C=O) groups excluding carboxylic acids is 2. The molecule has 1 atom stereocenters. The predicted octanol–water partition coefficient (Wildman–Crippen LogP) is 5.68. The van der Waals surface area contributed by atoms with E-state index in [9.17, 15) is 19.5 Å². The van der Waals surface area contributed by atoms with Crippen LogP contribution in [0.25, 0.3) is 11.1 Å². The number of carboxylic acids is 1. The maximum absolute atomic E-state index is 12.6. The Morgan fingerprint density at radius 1 is 1.00 bits per heavy atom. The lowest BCUT2D eigenvalue weighted by Crippen LogP contribution is -2.38. The van der Waals surface area contributed by atoms with Crippen LogP contribution in [0.15, 0.2) is 66.7 Å². The van der Waals surface area contributed by atoms with Crippen molar-refractivity contribution in [3.05, 3.63) is 88.4 Å². The first-order valence-corrected chi connectivity index (χ1v) is 11.7. The highest BCUT2D eigenvalue weighted by Crippen LogP contribution is 2.44. The van der Waals surface area contributed by atoms with Crippen LogP contribution in [-0.4, -0.2) is 35.7 Å². The number of benzene rings is 3. The summed E-state index contributed by atoms with van der Waals surface area (Å²) in [5, 5.41) is 14.9. The van der Waals surface area contributed by atoms with Gasteiger partial charge in [-0.2, -0.15) is 0 Å². The normalized spacial score (nSPS) is 12.9. The Kier molecular flexibility index (Phi) is 7.36. The molecule has 0 fully saturated rings. The summed E-state index contributed by atoms with van der Waals surface area (Å²) in [4.78, 5) is 36.5. The number of carboxylic acid groups (broad SMARTS) is 1. The predicted molar refractivity (Wildman–Crippen MR) is 134 cm³/mol. The second kappa shape index (κ2) is 10.6. The molecule has 3 N–H and O–H groups in total. The minimum Gasteiger partial charge on any atom is -0.478 e. The second-order valence-corrected chi connectivity index (χ2v) is 8.76. The third kappa shape index (κ3) is 5.46. The number of anilines is 1. The monoisotopic (exact) mass is 492 g/mol. The number of ether oxygens (including phenoxy) is 1. The van der Waals surface area contributed by atoms with Crippen LogP contribution in [0.4, 0.5) is 10.5 Å². The number of alkyl carbamates (subject to hydrolysis) is 1. The van der Waals surface area contributed by atoms with Gasteiger partial charge in [0.2, 0.25) is 5.91 Å². The number of hydrogen-bond donors (Lipinski definition) is 3. The molecule has 0 saturated heterocycles. The Morgan fingerprint density at radius 3 is 2.23 bits per heavy atom. The molecule has 0 bridgehead atoms. The highest BCUT2D eigenvalue weighted by molar-refractivity contribution is 6.31. The number of rotatable bonds is 8. The lowest BCUT2D eigenvalue weighted by molar-refractivity contribution is -0.116. The van der Waals surface area contributed by atoms with Gasteiger partial charge in [-0.05, 0) is 46.9 Å². The fourth-order valence-electron chi connectivity index (χ4n) is 4.34. The standard InChI is InChI=1S/C27H25ClN2O5/c1-2-17(14-25(31)30-24-13-16(28)11-12-22(24)26(32)33)29-27(34)35-15-23-20-9-5-3-7-18(20)19-8-4-6-10-21(19)23/h3-13,17,23H,2,14-15H2,1H3,(H,29,34)(H,30,31)(H,32,33). The van der Waals surface area contributed by atoms with Crippen LogP contribution in [0.3, 0.4) is 0 Å². The summed E-state index contributed by atoms with van der Waals surface area (Å²) in [5.74, 6) is -1.69. The lowest BCUT2D eigenvalue weighted by atomic mass is 9.98. The van der Waals surface area contributed by atoms with E-state index in [1.165, 1.54) is 18.2 Å². The van der Waals surface area contributed by atoms with E-state index in [-0.39, 0.29) is 30.2 Å². The van der Waals surface area contributed by atoms with Crippen molar-refractivity contribution in [1.29, 1.82) is 0 Å². The van der Waals surface area contributed by atoms with Crippen LogP contribution >= 0.6 is 11.6 Å². The molecular formula is C27H25ClN2O5. The Hall–Kier alpha value is -3.84. The molecule has 0 saturated carbocycles. The Balaban J connectivity index is 1.36. The Morgan fingerprint density at radius 2 is 1.63 bits per heavy atom. The molecule has 0 spiro atoms. The first kappa shape index (κ1) is 24.3. The molecule has 0 heterocycles. The van der Waals surface area contributed by atoms with Gasteiger partial charge >= 0.3 is 12.1 Å². The van der Waals surface area contributed by atoms with Gasteiger partial charge in [-0.1, -0.05) is 67.1 Å². The molecule has 35 heavy (non-hydrogen) atoms. The van der Waals surface area contributed by atoms with E-state index in [0.29, 0.717) is 11.4 Å². The van der Waals surface area contributed by atoms with Gasteiger partial charge in [0.1, 0.15) is 6.61 Å². The minimum absolute atomic E-state index is 0.0493. The average Bonchev–Trinajstić information content (AvgIpc) is 3.16. The number of hydrogen-bond acceptors (Lipinski definition) is 4. The van der Waals surface area contributed by atoms with Gasteiger partial charge in [0.15, 0.2) is 0 Å². The van der Waals surface area contributed by atoms with Gasteiger partial charge in [-0.3, -0.25) is 4.79 Å². The van der Waals surface area contributed by atoms with E-state index < -0.39 is 24.0 Å². The van der Waals surface area contributed by atoms with Crippen LogP contribution in [0.5, 0.6) is 0 Å². The molecule has 1 unspecified atom stereocenters. The SMILES string of the molecule is CCC(CC(=O)Nc1cc(Cl)ccc1C(=O)O)NC(=O)OCC1c2ccccc2-c2ccccc21.